The number of ketones is 1. The van der Waals surface area contributed by atoms with Gasteiger partial charge in [0.2, 0.25) is 0 Å². The average molecular weight is 308 g/mol. The predicted octanol–water partition coefficient (Wildman–Crippen LogP) is 3.60. The first kappa shape index (κ1) is 12.8. The Hall–Kier alpha value is -1.68. The van der Waals surface area contributed by atoms with Gasteiger partial charge in [-0.1, -0.05) is 34.1 Å². The molecule has 0 fully saturated rings. The van der Waals surface area contributed by atoms with Gasteiger partial charge in [-0.2, -0.15) is 0 Å². The number of Topliss-reactive ketones (excluding diaryl/α,β-unsaturated/α-hetero) is 1. The maximum absolute atomic E-state index is 13.4. The van der Waals surface area contributed by atoms with E-state index < -0.39 is 0 Å². The first-order valence-corrected chi connectivity index (χ1v) is 6.18. The van der Waals surface area contributed by atoms with Crippen molar-refractivity contribution in [3.63, 3.8) is 0 Å². The van der Waals surface area contributed by atoms with Gasteiger partial charge in [0.25, 0.3) is 0 Å². The molecule has 0 saturated heterocycles. The maximum atomic E-state index is 13.4. The van der Waals surface area contributed by atoms with E-state index in [-0.39, 0.29) is 18.0 Å². The van der Waals surface area contributed by atoms with E-state index in [0.29, 0.717) is 16.8 Å². The van der Waals surface area contributed by atoms with Gasteiger partial charge in [0.1, 0.15) is 5.82 Å². The largest absolute Gasteiger partial charge is 0.399 e. The number of benzene rings is 2. The normalized spacial score (nSPS) is 10.3. The van der Waals surface area contributed by atoms with E-state index in [4.69, 9.17) is 5.73 Å². The minimum atomic E-state index is -0.367. The summed E-state index contributed by atoms with van der Waals surface area (Å²) in [6.07, 6.45) is 0.0303. The van der Waals surface area contributed by atoms with Gasteiger partial charge >= 0.3 is 0 Å². The third-order valence-corrected chi connectivity index (χ3v) is 3.01. The Morgan fingerprint density at radius 3 is 2.61 bits per heavy atom. The van der Waals surface area contributed by atoms with Crippen LogP contribution in [0, 0.1) is 5.82 Å². The van der Waals surface area contributed by atoms with Crippen molar-refractivity contribution in [2.24, 2.45) is 0 Å². The summed E-state index contributed by atoms with van der Waals surface area (Å²) in [6.45, 7) is 0. The van der Waals surface area contributed by atoms with Gasteiger partial charge in [-0.25, -0.2) is 4.39 Å². The van der Waals surface area contributed by atoms with Crippen LogP contribution < -0.4 is 5.73 Å². The molecule has 0 saturated carbocycles. The first-order chi connectivity index (χ1) is 8.56. The Morgan fingerprint density at radius 2 is 1.94 bits per heavy atom. The van der Waals surface area contributed by atoms with Crippen molar-refractivity contribution in [1.29, 1.82) is 0 Å². The van der Waals surface area contributed by atoms with E-state index in [0.717, 1.165) is 4.47 Å². The summed E-state index contributed by atoms with van der Waals surface area (Å²) in [5.74, 6) is -0.526. The number of halogens is 2. The SMILES string of the molecule is Nc1cc(Br)cc(C(=O)Cc2ccccc2F)c1. The van der Waals surface area contributed by atoms with Crippen LogP contribution in [0.15, 0.2) is 46.9 Å². The molecule has 18 heavy (non-hydrogen) atoms. The molecule has 92 valence electrons. The van der Waals surface area contributed by atoms with Crippen molar-refractivity contribution >= 4 is 27.4 Å². The van der Waals surface area contributed by atoms with Crippen LogP contribution in [-0.2, 0) is 6.42 Å². The third-order valence-electron chi connectivity index (χ3n) is 2.55. The van der Waals surface area contributed by atoms with Crippen LogP contribution in [0.5, 0.6) is 0 Å². The van der Waals surface area contributed by atoms with Crippen molar-refractivity contribution < 1.29 is 9.18 Å². The number of nitrogens with two attached hydrogens (primary N) is 1. The maximum Gasteiger partial charge on any atom is 0.167 e. The molecule has 2 nitrogen and oxygen atoms in total. The first-order valence-electron chi connectivity index (χ1n) is 5.39. The molecule has 2 aromatic carbocycles. The minimum Gasteiger partial charge on any atom is -0.399 e. The number of hydrogen-bond acceptors (Lipinski definition) is 2. The Balaban J connectivity index is 2.25. The van der Waals surface area contributed by atoms with Crippen molar-refractivity contribution in [2.75, 3.05) is 5.73 Å². The average Bonchev–Trinajstić information content (AvgIpc) is 2.31. The Labute approximate surface area is 113 Å². The molecular weight excluding hydrogens is 297 g/mol. The molecule has 0 aliphatic carbocycles. The van der Waals surface area contributed by atoms with Crippen LogP contribution in [0.4, 0.5) is 10.1 Å². The quantitative estimate of drug-likeness (QED) is 0.695. The molecule has 0 aliphatic heterocycles. The molecule has 0 spiro atoms. The minimum absolute atomic E-state index is 0.0303. The molecule has 0 aliphatic rings. The van der Waals surface area contributed by atoms with Crippen LogP contribution in [0.1, 0.15) is 15.9 Å². The second-order valence-corrected chi connectivity index (χ2v) is 4.88. The topological polar surface area (TPSA) is 43.1 Å². The molecule has 0 aromatic heterocycles. The second kappa shape index (κ2) is 5.31. The van der Waals surface area contributed by atoms with Gasteiger partial charge < -0.3 is 5.73 Å². The lowest BCUT2D eigenvalue weighted by atomic mass is 10.0. The summed E-state index contributed by atoms with van der Waals surface area (Å²) in [6, 6.07) is 11.2. The fourth-order valence-corrected chi connectivity index (χ4v) is 2.20. The zero-order valence-electron chi connectivity index (χ0n) is 9.49. The monoisotopic (exact) mass is 307 g/mol. The van der Waals surface area contributed by atoms with Gasteiger partial charge in [-0.3, -0.25) is 4.79 Å². The summed E-state index contributed by atoms with van der Waals surface area (Å²) in [7, 11) is 0. The van der Waals surface area contributed by atoms with Crippen LogP contribution in [0.3, 0.4) is 0 Å². The zero-order chi connectivity index (χ0) is 13.1. The van der Waals surface area contributed by atoms with E-state index in [1.165, 1.54) is 6.07 Å². The number of rotatable bonds is 3. The molecule has 0 radical (unpaired) electrons. The lowest BCUT2D eigenvalue weighted by molar-refractivity contribution is 0.0992. The highest BCUT2D eigenvalue weighted by Crippen LogP contribution is 2.19. The van der Waals surface area contributed by atoms with Crippen LogP contribution in [-0.4, -0.2) is 5.78 Å². The number of anilines is 1. The van der Waals surface area contributed by atoms with Crippen molar-refractivity contribution in [1.82, 2.24) is 0 Å². The molecule has 0 amide bonds. The molecule has 4 heteroatoms. The molecule has 2 rings (SSSR count). The zero-order valence-corrected chi connectivity index (χ0v) is 11.1. The molecule has 0 unspecified atom stereocenters. The number of carbonyl (C=O) groups excluding carboxylic acids is 1. The van der Waals surface area contributed by atoms with Crippen molar-refractivity contribution in [3.05, 3.63) is 63.9 Å². The third kappa shape index (κ3) is 2.96. The lowest BCUT2D eigenvalue weighted by Crippen LogP contribution is -2.06. The summed E-state index contributed by atoms with van der Waals surface area (Å²) in [4.78, 5) is 12.0. The number of nitrogen functional groups attached to an aromatic ring is 1. The van der Waals surface area contributed by atoms with Crippen LogP contribution >= 0.6 is 15.9 Å². The highest BCUT2D eigenvalue weighted by Gasteiger charge is 2.11. The standard InChI is InChI=1S/C14H11BrFNO/c15-11-5-10(6-12(17)8-11)14(18)7-9-3-1-2-4-13(9)16/h1-6,8H,7,17H2. The number of carbonyl (C=O) groups is 1. The van der Waals surface area contributed by atoms with Crippen LogP contribution in [0.2, 0.25) is 0 Å². The van der Waals surface area contributed by atoms with Crippen LogP contribution in [0.25, 0.3) is 0 Å². The number of hydrogen-bond donors (Lipinski definition) is 1. The fraction of sp³-hybridized carbons (Fsp3) is 0.0714. The molecule has 0 bridgehead atoms. The fourth-order valence-electron chi connectivity index (χ4n) is 1.69. The molecule has 2 N–H and O–H groups in total. The van der Waals surface area contributed by atoms with E-state index in [1.807, 2.05) is 0 Å². The van der Waals surface area contributed by atoms with Gasteiger partial charge in [0.05, 0.1) is 0 Å². The highest BCUT2D eigenvalue weighted by molar-refractivity contribution is 9.10. The van der Waals surface area contributed by atoms with Gasteiger partial charge in [-0.15, -0.1) is 0 Å². The molecule has 0 heterocycles. The van der Waals surface area contributed by atoms with Gasteiger partial charge in [-0.05, 0) is 29.8 Å². The Bertz CT molecular complexity index is 578. The molecule has 2 aromatic rings. The summed E-state index contributed by atoms with van der Waals surface area (Å²) in [5.41, 5.74) is 7.03. The molecular formula is C14H11BrFNO. The summed E-state index contributed by atoms with van der Waals surface area (Å²) >= 11 is 3.27. The summed E-state index contributed by atoms with van der Waals surface area (Å²) in [5, 5.41) is 0. The second-order valence-electron chi connectivity index (χ2n) is 3.96. The van der Waals surface area contributed by atoms with E-state index >= 15 is 0 Å². The van der Waals surface area contributed by atoms with E-state index in [2.05, 4.69) is 15.9 Å². The van der Waals surface area contributed by atoms with Crippen molar-refractivity contribution in [2.45, 2.75) is 6.42 Å². The smallest absolute Gasteiger partial charge is 0.167 e. The van der Waals surface area contributed by atoms with E-state index in [9.17, 15) is 9.18 Å². The Morgan fingerprint density at radius 1 is 1.22 bits per heavy atom. The van der Waals surface area contributed by atoms with E-state index in [1.54, 1.807) is 36.4 Å². The van der Waals surface area contributed by atoms with Crippen molar-refractivity contribution in [3.8, 4) is 0 Å². The predicted molar refractivity (Wildman–Crippen MR) is 73.0 cm³/mol. The molecule has 0 atom stereocenters. The highest BCUT2D eigenvalue weighted by atomic mass is 79.9. The Kier molecular flexibility index (Phi) is 3.77. The van der Waals surface area contributed by atoms with Gasteiger partial charge in [0.15, 0.2) is 5.78 Å². The lowest BCUT2D eigenvalue weighted by Gasteiger charge is -2.04. The van der Waals surface area contributed by atoms with Gasteiger partial charge in [0, 0.05) is 22.1 Å². The summed E-state index contributed by atoms with van der Waals surface area (Å²) < 4.78 is 14.2.